The number of anilines is 2. The zero-order chi connectivity index (χ0) is 22.9. The van der Waals surface area contributed by atoms with Gasteiger partial charge in [0.2, 0.25) is 11.8 Å². The normalized spacial score (nSPS) is 17.6. The van der Waals surface area contributed by atoms with Gasteiger partial charge in [0, 0.05) is 34.0 Å². The molecule has 5 rings (SSSR count). The molecular weight excluding hydrogens is 452 g/mol. The number of nitrogens with one attached hydrogen (secondary N) is 2. The minimum Gasteiger partial charge on any atom is -0.326 e. The standard InChI is InChI=1S/C25H28N4O2S2/c1-3-20(30)26-16-7-9-17(10-8-16)27-21(31)13-32-24-22-18-11-4-14(2)12-19(18)33-25(22)29-23(28-24)15-5-6-15/h7-10,14-15H,3-6,11-13H2,1-2H3,(H,26,30)(H,27,31)/t14-/m0/s1. The van der Waals surface area contributed by atoms with Gasteiger partial charge >= 0.3 is 0 Å². The Labute approximate surface area is 202 Å². The molecule has 1 saturated carbocycles. The van der Waals surface area contributed by atoms with E-state index in [0.717, 1.165) is 47.1 Å². The lowest BCUT2D eigenvalue weighted by molar-refractivity contribution is -0.116. The van der Waals surface area contributed by atoms with Gasteiger partial charge in [-0.3, -0.25) is 9.59 Å². The summed E-state index contributed by atoms with van der Waals surface area (Å²) in [5.74, 6) is 2.34. The van der Waals surface area contributed by atoms with Crippen LogP contribution in [0.25, 0.3) is 10.2 Å². The molecule has 0 bridgehead atoms. The summed E-state index contributed by atoms with van der Waals surface area (Å²) in [5.41, 5.74) is 2.84. The highest BCUT2D eigenvalue weighted by atomic mass is 32.2. The first-order valence-corrected chi connectivity index (χ1v) is 13.4. The molecule has 2 amide bonds. The second-order valence-corrected chi connectivity index (χ2v) is 11.1. The SMILES string of the molecule is CCC(=O)Nc1ccc(NC(=O)CSc2nc(C3CC3)nc3sc4c(c23)CC[C@H](C)C4)cc1. The number of aryl methyl sites for hydroxylation is 1. The molecule has 2 aliphatic carbocycles. The largest absolute Gasteiger partial charge is 0.326 e. The van der Waals surface area contributed by atoms with E-state index in [4.69, 9.17) is 9.97 Å². The fourth-order valence-corrected chi connectivity index (χ4v) is 6.49. The number of benzene rings is 1. The van der Waals surface area contributed by atoms with E-state index >= 15 is 0 Å². The Morgan fingerprint density at radius 3 is 2.42 bits per heavy atom. The minimum absolute atomic E-state index is 0.0324. The third-order valence-corrected chi connectivity index (χ3v) is 8.32. The number of thiophene rings is 1. The van der Waals surface area contributed by atoms with E-state index in [1.807, 2.05) is 18.3 Å². The van der Waals surface area contributed by atoms with Crippen LogP contribution < -0.4 is 10.6 Å². The first-order valence-electron chi connectivity index (χ1n) is 11.6. The summed E-state index contributed by atoms with van der Waals surface area (Å²) in [5, 5.41) is 7.91. The second-order valence-electron chi connectivity index (χ2n) is 9.01. The number of fused-ring (bicyclic) bond motifs is 3. The molecule has 1 fully saturated rings. The minimum atomic E-state index is -0.0669. The highest BCUT2D eigenvalue weighted by Gasteiger charge is 2.30. The molecule has 2 heterocycles. The molecule has 0 unspecified atom stereocenters. The van der Waals surface area contributed by atoms with Crippen LogP contribution in [0.2, 0.25) is 0 Å². The number of nitrogens with zero attached hydrogens (tertiary/aromatic N) is 2. The van der Waals surface area contributed by atoms with Crippen LogP contribution in [0.4, 0.5) is 11.4 Å². The van der Waals surface area contributed by atoms with Gasteiger partial charge in [-0.15, -0.1) is 11.3 Å². The summed E-state index contributed by atoms with van der Waals surface area (Å²) in [7, 11) is 0. The van der Waals surface area contributed by atoms with Gasteiger partial charge in [0.05, 0.1) is 5.75 Å². The fourth-order valence-electron chi connectivity index (χ4n) is 4.17. The number of hydrogen-bond donors (Lipinski definition) is 2. The van der Waals surface area contributed by atoms with Crippen LogP contribution in [0.1, 0.15) is 61.7 Å². The number of carbonyl (C=O) groups excluding carboxylic acids is 2. The molecular formula is C25H28N4O2S2. The first kappa shape index (κ1) is 22.3. The average molecular weight is 481 g/mol. The zero-order valence-corrected chi connectivity index (χ0v) is 20.6. The van der Waals surface area contributed by atoms with Crippen LogP contribution in [0.15, 0.2) is 29.3 Å². The van der Waals surface area contributed by atoms with Gasteiger partial charge in [0.25, 0.3) is 0 Å². The molecule has 33 heavy (non-hydrogen) atoms. The van der Waals surface area contributed by atoms with Crippen molar-refractivity contribution in [1.29, 1.82) is 0 Å². The van der Waals surface area contributed by atoms with E-state index in [9.17, 15) is 9.59 Å². The quantitative estimate of drug-likeness (QED) is 0.331. The summed E-state index contributed by atoms with van der Waals surface area (Å²) in [6.45, 7) is 4.13. The summed E-state index contributed by atoms with van der Waals surface area (Å²) < 4.78 is 0. The Bertz CT molecular complexity index is 1200. The molecule has 2 N–H and O–H groups in total. The summed E-state index contributed by atoms with van der Waals surface area (Å²) in [4.78, 5) is 36.6. The van der Waals surface area contributed by atoms with Crippen LogP contribution >= 0.6 is 23.1 Å². The molecule has 1 atom stereocenters. The second kappa shape index (κ2) is 9.43. The van der Waals surface area contributed by atoms with Gasteiger partial charge in [-0.2, -0.15) is 0 Å². The Balaban J connectivity index is 1.30. The highest BCUT2D eigenvalue weighted by Crippen LogP contribution is 2.44. The molecule has 3 aromatic rings. The van der Waals surface area contributed by atoms with Gasteiger partial charge in [-0.05, 0) is 67.9 Å². The molecule has 0 saturated heterocycles. The van der Waals surface area contributed by atoms with Crippen LogP contribution in [-0.4, -0.2) is 27.5 Å². The molecule has 0 aliphatic heterocycles. The highest BCUT2D eigenvalue weighted by molar-refractivity contribution is 8.00. The Morgan fingerprint density at radius 2 is 1.76 bits per heavy atom. The van der Waals surface area contributed by atoms with E-state index in [1.54, 1.807) is 24.3 Å². The van der Waals surface area contributed by atoms with Crippen molar-refractivity contribution >= 4 is 56.5 Å². The van der Waals surface area contributed by atoms with Crippen molar-refractivity contribution < 1.29 is 9.59 Å². The van der Waals surface area contributed by atoms with Gasteiger partial charge in [0.15, 0.2) is 0 Å². The molecule has 6 nitrogen and oxygen atoms in total. The van der Waals surface area contributed by atoms with Gasteiger partial charge in [-0.25, -0.2) is 9.97 Å². The summed E-state index contributed by atoms with van der Waals surface area (Å²) in [6, 6.07) is 7.20. The van der Waals surface area contributed by atoms with Crippen molar-refractivity contribution in [3.05, 3.63) is 40.5 Å². The molecule has 8 heteroatoms. The average Bonchev–Trinajstić information content (AvgIpc) is 3.59. The predicted octanol–water partition coefficient (Wildman–Crippen LogP) is 5.77. The van der Waals surface area contributed by atoms with E-state index in [0.29, 0.717) is 29.7 Å². The van der Waals surface area contributed by atoms with Crippen molar-refractivity contribution in [2.45, 2.75) is 63.3 Å². The Hall–Kier alpha value is -2.45. The van der Waals surface area contributed by atoms with Crippen LogP contribution in [0.3, 0.4) is 0 Å². The van der Waals surface area contributed by atoms with Gasteiger partial charge in [0.1, 0.15) is 15.7 Å². The lowest BCUT2D eigenvalue weighted by Crippen LogP contribution is -2.14. The number of rotatable bonds is 7. The van der Waals surface area contributed by atoms with Crippen molar-refractivity contribution in [3.63, 3.8) is 0 Å². The van der Waals surface area contributed by atoms with Crippen LogP contribution in [0.5, 0.6) is 0 Å². The summed E-state index contributed by atoms with van der Waals surface area (Å²) in [6.07, 6.45) is 6.14. The first-order chi connectivity index (χ1) is 16.0. The van der Waals surface area contributed by atoms with Gasteiger partial charge < -0.3 is 10.6 Å². The van der Waals surface area contributed by atoms with E-state index in [2.05, 4.69) is 17.6 Å². The number of hydrogen-bond acceptors (Lipinski definition) is 6. The fraction of sp³-hybridized carbons (Fsp3) is 0.440. The van der Waals surface area contributed by atoms with Crippen LogP contribution in [0, 0.1) is 5.92 Å². The Morgan fingerprint density at radius 1 is 1.06 bits per heavy atom. The van der Waals surface area contributed by atoms with Crippen molar-refractivity contribution in [2.24, 2.45) is 5.92 Å². The van der Waals surface area contributed by atoms with Gasteiger partial charge in [-0.1, -0.05) is 25.6 Å². The lowest BCUT2D eigenvalue weighted by Gasteiger charge is -2.18. The van der Waals surface area contributed by atoms with E-state index in [-0.39, 0.29) is 11.8 Å². The van der Waals surface area contributed by atoms with Crippen molar-refractivity contribution in [1.82, 2.24) is 9.97 Å². The maximum absolute atomic E-state index is 12.7. The predicted molar refractivity (Wildman–Crippen MR) is 135 cm³/mol. The topological polar surface area (TPSA) is 84.0 Å². The summed E-state index contributed by atoms with van der Waals surface area (Å²) >= 11 is 3.34. The number of aromatic nitrogens is 2. The number of carbonyl (C=O) groups is 2. The monoisotopic (exact) mass is 480 g/mol. The van der Waals surface area contributed by atoms with Crippen LogP contribution in [-0.2, 0) is 22.4 Å². The zero-order valence-electron chi connectivity index (χ0n) is 18.9. The van der Waals surface area contributed by atoms with Crippen molar-refractivity contribution in [3.8, 4) is 0 Å². The lowest BCUT2D eigenvalue weighted by atomic mass is 9.89. The molecule has 1 aromatic carbocycles. The third-order valence-electron chi connectivity index (χ3n) is 6.20. The molecule has 0 spiro atoms. The van der Waals surface area contributed by atoms with E-state index in [1.165, 1.54) is 34.0 Å². The maximum Gasteiger partial charge on any atom is 0.234 e. The Kier molecular flexibility index (Phi) is 6.38. The molecule has 172 valence electrons. The number of amides is 2. The molecule has 2 aromatic heterocycles. The molecule has 2 aliphatic rings. The third kappa shape index (κ3) is 5.06. The number of thioether (sulfide) groups is 1. The molecule has 0 radical (unpaired) electrons. The maximum atomic E-state index is 12.7. The van der Waals surface area contributed by atoms with E-state index < -0.39 is 0 Å². The smallest absolute Gasteiger partial charge is 0.234 e. The van der Waals surface area contributed by atoms with Crippen molar-refractivity contribution in [2.75, 3.05) is 16.4 Å².